The van der Waals surface area contributed by atoms with Crippen LogP contribution in [0.3, 0.4) is 0 Å². The van der Waals surface area contributed by atoms with E-state index in [9.17, 15) is 0 Å². The van der Waals surface area contributed by atoms with Crippen LogP contribution in [0.5, 0.6) is 0 Å². The Balaban J connectivity index is 0.000000861. The summed E-state index contributed by atoms with van der Waals surface area (Å²) in [5.74, 6) is 0. The van der Waals surface area contributed by atoms with Crippen molar-refractivity contribution in [2.75, 3.05) is 31.1 Å². The molecule has 1 aliphatic heterocycles. The summed E-state index contributed by atoms with van der Waals surface area (Å²) in [6, 6.07) is 8.51. The highest BCUT2D eigenvalue weighted by atomic mass is 15.2. The van der Waals surface area contributed by atoms with Crippen LogP contribution in [0, 0.1) is 6.92 Å². The summed E-state index contributed by atoms with van der Waals surface area (Å²) in [6.07, 6.45) is 5.41. The first-order valence-electron chi connectivity index (χ1n) is 7.26. The molecule has 3 nitrogen and oxygen atoms in total. The first-order valence-corrected chi connectivity index (χ1v) is 7.26. The molecule has 0 saturated heterocycles. The van der Waals surface area contributed by atoms with E-state index >= 15 is 0 Å². The third kappa shape index (κ3) is 4.60. The molecule has 1 aliphatic rings. The van der Waals surface area contributed by atoms with Crippen LogP contribution in [0.4, 0.5) is 5.69 Å². The minimum Gasteiger partial charge on any atom is -0.374 e. The van der Waals surface area contributed by atoms with Gasteiger partial charge in [-0.3, -0.25) is 0 Å². The number of aryl methyl sites for hydroxylation is 1. The van der Waals surface area contributed by atoms with Crippen molar-refractivity contribution in [1.29, 1.82) is 0 Å². The van der Waals surface area contributed by atoms with Crippen LogP contribution in [0.1, 0.15) is 25.8 Å². The van der Waals surface area contributed by atoms with Gasteiger partial charge in [-0.25, -0.2) is 0 Å². The van der Waals surface area contributed by atoms with Crippen molar-refractivity contribution in [2.24, 2.45) is 5.73 Å². The molecule has 0 bridgehead atoms. The van der Waals surface area contributed by atoms with Gasteiger partial charge >= 0.3 is 0 Å². The van der Waals surface area contributed by atoms with Crippen molar-refractivity contribution in [3.63, 3.8) is 0 Å². The lowest BCUT2D eigenvalue weighted by atomic mass is 10.2. The van der Waals surface area contributed by atoms with Gasteiger partial charge in [0, 0.05) is 37.7 Å². The normalized spacial score (nSPS) is 14.1. The zero-order chi connectivity index (χ0) is 14.1. The van der Waals surface area contributed by atoms with Crippen LogP contribution in [-0.2, 0) is 0 Å². The number of benzene rings is 1. The molecule has 2 N–H and O–H groups in total. The minimum atomic E-state index is 0.770. The van der Waals surface area contributed by atoms with Crippen molar-refractivity contribution < 1.29 is 0 Å². The SMILES string of the molecule is CC.Cc1ccccc1N1C=CN(CCCN)CC1. The average molecular weight is 261 g/mol. The molecule has 0 radical (unpaired) electrons. The number of hydrogen-bond acceptors (Lipinski definition) is 3. The Morgan fingerprint density at radius 3 is 2.42 bits per heavy atom. The van der Waals surface area contributed by atoms with Crippen molar-refractivity contribution in [3.05, 3.63) is 42.2 Å². The van der Waals surface area contributed by atoms with Crippen molar-refractivity contribution in [2.45, 2.75) is 27.2 Å². The molecule has 1 heterocycles. The van der Waals surface area contributed by atoms with Crippen LogP contribution in [0.15, 0.2) is 36.7 Å². The van der Waals surface area contributed by atoms with Crippen LogP contribution < -0.4 is 10.6 Å². The van der Waals surface area contributed by atoms with Gasteiger partial charge in [0.15, 0.2) is 0 Å². The fourth-order valence-electron chi connectivity index (χ4n) is 2.13. The third-order valence-electron chi connectivity index (χ3n) is 3.16. The summed E-state index contributed by atoms with van der Waals surface area (Å²) < 4.78 is 0. The molecule has 1 aromatic rings. The number of anilines is 1. The Morgan fingerprint density at radius 1 is 1.11 bits per heavy atom. The zero-order valence-corrected chi connectivity index (χ0v) is 12.5. The fourth-order valence-corrected chi connectivity index (χ4v) is 2.13. The van der Waals surface area contributed by atoms with E-state index in [1.165, 1.54) is 11.3 Å². The van der Waals surface area contributed by atoms with E-state index < -0.39 is 0 Å². The van der Waals surface area contributed by atoms with E-state index in [-0.39, 0.29) is 0 Å². The quantitative estimate of drug-likeness (QED) is 0.904. The largest absolute Gasteiger partial charge is 0.374 e. The second-order valence-electron chi connectivity index (χ2n) is 4.46. The molecule has 1 aromatic carbocycles. The number of rotatable bonds is 4. The van der Waals surface area contributed by atoms with Crippen LogP contribution in [-0.4, -0.2) is 31.1 Å². The predicted octanol–water partition coefficient (Wildman–Crippen LogP) is 2.96. The molecule has 3 heteroatoms. The average Bonchev–Trinajstić information content (AvgIpc) is 2.48. The highest BCUT2D eigenvalue weighted by Crippen LogP contribution is 2.21. The summed E-state index contributed by atoms with van der Waals surface area (Å²) in [5, 5.41) is 0. The topological polar surface area (TPSA) is 32.5 Å². The van der Waals surface area contributed by atoms with Crippen LogP contribution in [0.2, 0.25) is 0 Å². The van der Waals surface area contributed by atoms with Gasteiger partial charge < -0.3 is 15.5 Å². The number of nitrogens with two attached hydrogens (primary N) is 1. The lowest BCUT2D eigenvalue weighted by Crippen LogP contribution is -2.35. The zero-order valence-electron chi connectivity index (χ0n) is 12.5. The summed E-state index contributed by atoms with van der Waals surface area (Å²) in [6.45, 7) is 10.1. The number of hydrogen-bond donors (Lipinski definition) is 1. The maximum absolute atomic E-state index is 5.52. The summed E-state index contributed by atoms with van der Waals surface area (Å²) in [4.78, 5) is 4.65. The maximum Gasteiger partial charge on any atom is 0.0436 e. The van der Waals surface area contributed by atoms with E-state index in [2.05, 4.69) is 53.4 Å². The van der Waals surface area contributed by atoms with Gasteiger partial charge in [0.2, 0.25) is 0 Å². The van der Waals surface area contributed by atoms with E-state index in [0.29, 0.717) is 0 Å². The van der Waals surface area contributed by atoms with Crippen LogP contribution >= 0.6 is 0 Å². The van der Waals surface area contributed by atoms with E-state index in [4.69, 9.17) is 5.73 Å². The Labute approximate surface area is 117 Å². The molecule has 0 atom stereocenters. The van der Waals surface area contributed by atoms with E-state index in [0.717, 1.165) is 32.6 Å². The molecule has 0 aromatic heterocycles. The lowest BCUT2D eigenvalue weighted by Gasteiger charge is -2.32. The fraction of sp³-hybridized carbons (Fsp3) is 0.500. The second-order valence-corrected chi connectivity index (χ2v) is 4.46. The van der Waals surface area contributed by atoms with Gasteiger partial charge in [-0.1, -0.05) is 32.0 Å². The van der Waals surface area contributed by atoms with Gasteiger partial charge in [-0.2, -0.15) is 0 Å². The predicted molar refractivity (Wildman–Crippen MR) is 84.3 cm³/mol. The molecule has 19 heavy (non-hydrogen) atoms. The highest BCUT2D eigenvalue weighted by Gasteiger charge is 2.11. The molecule has 0 amide bonds. The number of nitrogens with zero attached hydrogens (tertiary/aromatic N) is 2. The summed E-state index contributed by atoms with van der Waals surface area (Å²) in [7, 11) is 0. The first kappa shape index (κ1) is 15.6. The van der Waals surface area contributed by atoms with Crippen LogP contribution in [0.25, 0.3) is 0 Å². The van der Waals surface area contributed by atoms with Gasteiger partial charge in [-0.05, 0) is 31.5 Å². The van der Waals surface area contributed by atoms with Crippen molar-refractivity contribution in [3.8, 4) is 0 Å². The number of para-hydroxylation sites is 1. The van der Waals surface area contributed by atoms with Crippen molar-refractivity contribution in [1.82, 2.24) is 4.90 Å². The molecule has 0 fully saturated rings. The Hall–Kier alpha value is -1.48. The minimum absolute atomic E-state index is 0.770. The Kier molecular flexibility index (Phi) is 7.04. The standard InChI is InChI=1S/C14H21N3.C2H6/c1-13-5-2-3-6-14(13)17-11-9-16(10-12-17)8-4-7-15;1-2/h2-3,5-6,9,11H,4,7-8,10,12,15H2,1H3;1-2H3. The first-order chi connectivity index (χ1) is 9.31. The van der Waals surface area contributed by atoms with E-state index in [1.54, 1.807) is 0 Å². The van der Waals surface area contributed by atoms with Gasteiger partial charge in [-0.15, -0.1) is 0 Å². The molecule has 0 aliphatic carbocycles. The molecular weight excluding hydrogens is 234 g/mol. The third-order valence-corrected chi connectivity index (χ3v) is 3.16. The summed E-state index contributed by atoms with van der Waals surface area (Å²) >= 11 is 0. The molecule has 2 rings (SSSR count). The maximum atomic E-state index is 5.52. The monoisotopic (exact) mass is 261 g/mol. The molecule has 0 unspecified atom stereocenters. The van der Waals surface area contributed by atoms with Crippen molar-refractivity contribution >= 4 is 5.69 Å². The van der Waals surface area contributed by atoms with Gasteiger partial charge in [0.05, 0.1) is 0 Å². The van der Waals surface area contributed by atoms with Gasteiger partial charge in [0.1, 0.15) is 0 Å². The Morgan fingerprint density at radius 2 is 1.84 bits per heavy atom. The Bertz CT molecular complexity index is 387. The van der Waals surface area contributed by atoms with E-state index in [1.807, 2.05) is 13.8 Å². The van der Waals surface area contributed by atoms with Gasteiger partial charge in [0.25, 0.3) is 0 Å². The summed E-state index contributed by atoms with van der Waals surface area (Å²) in [5.41, 5.74) is 8.16. The second kappa shape index (κ2) is 8.59. The molecular formula is C16H27N3. The lowest BCUT2D eigenvalue weighted by molar-refractivity contribution is 0.366. The molecule has 0 saturated carbocycles. The highest BCUT2D eigenvalue weighted by molar-refractivity contribution is 5.55. The smallest absolute Gasteiger partial charge is 0.0436 e. The molecule has 106 valence electrons. The molecule has 0 spiro atoms.